The monoisotopic (exact) mass is 374 g/mol. The molecule has 2 rings (SSSR count). The molecule has 0 saturated carbocycles. The van der Waals surface area contributed by atoms with Crippen LogP contribution in [0.5, 0.6) is 5.88 Å². The fourth-order valence-corrected chi connectivity index (χ4v) is 2.36. The van der Waals surface area contributed by atoms with Gasteiger partial charge in [-0.15, -0.1) is 0 Å². The molecule has 144 valence electrons. The molecule has 1 amide bonds. The van der Waals surface area contributed by atoms with E-state index in [1.807, 2.05) is 6.92 Å². The molecule has 0 saturated heterocycles. The Balaban J connectivity index is 2.15. The first-order chi connectivity index (χ1) is 12.9. The number of rotatable bonds is 7. The number of carbonyl (C=O) groups is 1. The van der Waals surface area contributed by atoms with Crippen LogP contribution in [0.3, 0.4) is 0 Å². The predicted molar refractivity (Wildman–Crippen MR) is 103 cm³/mol. The molecule has 0 aliphatic rings. The lowest BCUT2D eigenvalue weighted by molar-refractivity contribution is -0.116. The number of aliphatic imine (C=N–C) groups is 2. The summed E-state index contributed by atoms with van der Waals surface area (Å²) in [5, 5.41) is 4.10. The predicted octanol–water partition coefficient (Wildman–Crippen LogP) is 2.05. The second-order valence-electron chi connectivity index (χ2n) is 5.79. The van der Waals surface area contributed by atoms with E-state index < -0.39 is 6.67 Å². The minimum Gasteiger partial charge on any atom is -0.475 e. The molecule has 2 aromatic rings. The number of aryl methyl sites for hydroxylation is 1. The first kappa shape index (κ1) is 20.2. The molecule has 0 N–H and O–H groups in total. The normalized spacial score (nSPS) is 12.2. The van der Waals surface area contributed by atoms with Gasteiger partial charge in [0.2, 0.25) is 11.8 Å². The van der Waals surface area contributed by atoms with Gasteiger partial charge < -0.3 is 9.64 Å². The number of hydrogen-bond donors (Lipinski definition) is 0. The Morgan fingerprint density at radius 1 is 1.33 bits per heavy atom. The van der Waals surface area contributed by atoms with Crippen molar-refractivity contribution in [2.75, 3.05) is 31.8 Å². The molecule has 0 unspecified atom stereocenters. The molecule has 0 fully saturated rings. The Morgan fingerprint density at radius 2 is 2.11 bits per heavy atom. The summed E-state index contributed by atoms with van der Waals surface area (Å²) in [6, 6.07) is 3.39. The molecule has 0 aliphatic heterocycles. The van der Waals surface area contributed by atoms with Crippen LogP contribution in [0.4, 0.5) is 10.1 Å². The highest BCUT2D eigenvalue weighted by Crippen LogP contribution is 2.13. The van der Waals surface area contributed by atoms with E-state index in [-0.39, 0.29) is 12.5 Å². The van der Waals surface area contributed by atoms with Crippen molar-refractivity contribution in [2.45, 2.75) is 13.8 Å². The molecule has 2 heterocycles. The summed E-state index contributed by atoms with van der Waals surface area (Å²) in [7, 11) is 3.42. The number of hydrogen-bond acceptors (Lipinski definition) is 5. The average molecular weight is 374 g/mol. The number of carbonyl (C=O) groups excluding carboxylic acids is 1. The maximum atomic E-state index is 12.1. The third-order valence-corrected chi connectivity index (χ3v) is 3.60. The minimum absolute atomic E-state index is 0.0342. The van der Waals surface area contributed by atoms with Crippen molar-refractivity contribution in [1.82, 2.24) is 14.8 Å². The number of ether oxygens (including phenoxy) is 1. The second kappa shape index (κ2) is 9.56. The van der Waals surface area contributed by atoms with Gasteiger partial charge in [-0.05, 0) is 13.0 Å². The van der Waals surface area contributed by atoms with E-state index in [0.717, 1.165) is 0 Å². The van der Waals surface area contributed by atoms with Crippen molar-refractivity contribution < 1.29 is 13.9 Å². The van der Waals surface area contributed by atoms with Gasteiger partial charge in [0, 0.05) is 50.8 Å². The summed E-state index contributed by atoms with van der Waals surface area (Å²) in [5.74, 6) is 0.710. The molecule has 0 aliphatic carbocycles. The lowest BCUT2D eigenvalue weighted by atomic mass is 10.2. The zero-order valence-electron chi connectivity index (χ0n) is 15.9. The highest BCUT2D eigenvalue weighted by Gasteiger charge is 2.15. The highest BCUT2D eigenvalue weighted by atomic mass is 19.1. The van der Waals surface area contributed by atoms with Crippen molar-refractivity contribution in [3.05, 3.63) is 36.3 Å². The van der Waals surface area contributed by atoms with E-state index in [1.165, 1.54) is 6.92 Å². The summed E-state index contributed by atoms with van der Waals surface area (Å²) in [4.78, 5) is 26.4. The highest BCUT2D eigenvalue weighted by molar-refractivity contribution is 6.08. The second-order valence-corrected chi connectivity index (χ2v) is 5.79. The van der Waals surface area contributed by atoms with Crippen LogP contribution in [0.25, 0.3) is 0 Å². The number of aromatic nitrogens is 3. The summed E-state index contributed by atoms with van der Waals surface area (Å²) in [5.41, 5.74) is 2.10. The molecule has 9 heteroatoms. The summed E-state index contributed by atoms with van der Waals surface area (Å²) in [6.07, 6.45) is 4.96. The number of halogens is 1. The Hall–Kier alpha value is -3.10. The van der Waals surface area contributed by atoms with Gasteiger partial charge in [0.25, 0.3) is 0 Å². The average Bonchev–Trinajstić information content (AvgIpc) is 3.08. The van der Waals surface area contributed by atoms with Gasteiger partial charge >= 0.3 is 0 Å². The molecule has 2 aromatic heterocycles. The molecule has 0 atom stereocenters. The van der Waals surface area contributed by atoms with Crippen molar-refractivity contribution in [3.8, 4) is 5.88 Å². The van der Waals surface area contributed by atoms with Gasteiger partial charge in [0.05, 0.1) is 18.4 Å². The van der Waals surface area contributed by atoms with E-state index in [9.17, 15) is 9.18 Å². The quantitative estimate of drug-likeness (QED) is 0.548. The standard InChI is InChI=1S/C18H23FN6O2/c1-13(11-25(14(2)26)16-10-22-24(4)12-16)23-18(20-3)15-5-6-17(21-9-15)27-8-7-19/h5-6,9-10,12H,7-8,11H2,1-4H3. The van der Waals surface area contributed by atoms with Crippen LogP contribution in [0, 0.1) is 0 Å². The molecule has 0 bridgehead atoms. The van der Waals surface area contributed by atoms with E-state index in [2.05, 4.69) is 20.1 Å². The molecular formula is C18H23FN6O2. The largest absolute Gasteiger partial charge is 0.475 e. The van der Waals surface area contributed by atoms with Crippen LogP contribution in [0.1, 0.15) is 19.4 Å². The third kappa shape index (κ3) is 5.70. The van der Waals surface area contributed by atoms with Crippen LogP contribution in [0.15, 0.2) is 40.7 Å². The van der Waals surface area contributed by atoms with Gasteiger partial charge in [-0.3, -0.25) is 14.5 Å². The van der Waals surface area contributed by atoms with Gasteiger partial charge in [-0.25, -0.2) is 14.4 Å². The lowest BCUT2D eigenvalue weighted by Crippen LogP contribution is -2.33. The Kier molecular flexibility index (Phi) is 7.16. The number of anilines is 1. The molecule has 8 nitrogen and oxygen atoms in total. The molecule has 0 aromatic carbocycles. The summed E-state index contributed by atoms with van der Waals surface area (Å²) >= 11 is 0. The van der Waals surface area contributed by atoms with Gasteiger partial charge in [0.15, 0.2) is 5.84 Å². The maximum absolute atomic E-state index is 12.1. The zero-order chi connectivity index (χ0) is 19.8. The van der Waals surface area contributed by atoms with Crippen LogP contribution in [-0.4, -0.2) is 59.1 Å². The fraction of sp³-hybridized carbons (Fsp3) is 0.389. The topological polar surface area (TPSA) is 85.0 Å². The van der Waals surface area contributed by atoms with Gasteiger partial charge in [-0.1, -0.05) is 0 Å². The summed E-state index contributed by atoms with van der Waals surface area (Å²) < 4.78 is 18.9. The van der Waals surface area contributed by atoms with Crippen LogP contribution in [-0.2, 0) is 11.8 Å². The molecular weight excluding hydrogens is 351 g/mol. The fourth-order valence-electron chi connectivity index (χ4n) is 2.36. The Bertz CT molecular complexity index is 829. The number of amides is 1. The summed E-state index contributed by atoms with van der Waals surface area (Å²) in [6.45, 7) is 3.02. The maximum Gasteiger partial charge on any atom is 0.224 e. The van der Waals surface area contributed by atoms with Crippen molar-refractivity contribution in [2.24, 2.45) is 17.0 Å². The van der Waals surface area contributed by atoms with Crippen molar-refractivity contribution >= 4 is 23.1 Å². The Morgan fingerprint density at radius 3 is 2.63 bits per heavy atom. The molecule has 27 heavy (non-hydrogen) atoms. The number of alkyl halides is 1. The van der Waals surface area contributed by atoms with Crippen LogP contribution < -0.4 is 9.64 Å². The van der Waals surface area contributed by atoms with E-state index in [4.69, 9.17) is 4.74 Å². The smallest absolute Gasteiger partial charge is 0.224 e. The zero-order valence-corrected chi connectivity index (χ0v) is 15.9. The number of pyridine rings is 1. The van der Waals surface area contributed by atoms with E-state index in [1.54, 1.807) is 54.4 Å². The first-order valence-corrected chi connectivity index (χ1v) is 8.37. The van der Waals surface area contributed by atoms with Crippen molar-refractivity contribution in [3.63, 3.8) is 0 Å². The van der Waals surface area contributed by atoms with E-state index >= 15 is 0 Å². The SMILES string of the molecule is CN=C(N=C(C)CN(C(C)=O)c1cnn(C)c1)c1ccc(OCCF)nc1. The van der Waals surface area contributed by atoms with Crippen LogP contribution in [0.2, 0.25) is 0 Å². The van der Waals surface area contributed by atoms with Gasteiger partial charge in [-0.2, -0.15) is 5.10 Å². The first-order valence-electron chi connectivity index (χ1n) is 8.37. The molecule has 0 spiro atoms. The van der Waals surface area contributed by atoms with Gasteiger partial charge in [0.1, 0.15) is 13.3 Å². The van der Waals surface area contributed by atoms with Crippen molar-refractivity contribution in [1.29, 1.82) is 0 Å². The number of nitrogens with zero attached hydrogens (tertiary/aromatic N) is 6. The molecule has 0 radical (unpaired) electrons. The third-order valence-electron chi connectivity index (χ3n) is 3.60. The minimum atomic E-state index is -0.571. The number of amidine groups is 1. The van der Waals surface area contributed by atoms with Crippen LogP contribution >= 0.6 is 0 Å². The Labute approximate surface area is 157 Å². The van der Waals surface area contributed by atoms with E-state index in [0.29, 0.717) is 35.2 Å². The lowest BCUT2D eigenvalue weighted by Gasteiger charge is -2.19.